The Kier molecular flexibility index (Phi) is 5.13. The SMILES string of the molecule is C[C@@H](C(=O)N1CCC[C@@H](c2ccn[nH]2)C1)N1CCCCCC1. The summed E-state index contributed by atoms with van der Waals surface area (Å²) in [5.74, 6) is 0.725. The van der Waals surface area contributed by atoms with Gasteiger partial charge in [-0.3, -0.25) is 14.8 Å². The van der Waals surface area contributed by atoms with Gasteiger partial charge in [-0.05, 0) is 51.8 Å². The van der Waals surface area contributed by atoms with Crippen molar-refractivity contribution in [1.82, 2.24) is 20.0 Å². The number of nitrogens with one attached hydrogen (secondary N) is 1. The molecule has 3 rings (SSSR count). The van der Waals surface area contributed by atoms with E-state index in [-0.39, 0.29) is 6.04 Å². The molecule has 0 radical (unpaired) electrons. The van der Waals surface area contributed by atoms with Crippen molar-refractivity contribution in [2.45, 2.75) is 57.4 Å². The van der Waals surface area contributed by atoms with Crippen molar-refractivity contribution in [2.75, 3.05) is 26.2 Å². The lowest BCUT2D eigenvalue weighted by atomic mass is 9.94. The van der Waals surface area contributed by atoms with Crippen LogP contribution in [-0.4, -0.2) is 58.1 Å². The first-order chi connectivity index (χ1) is 10.8. The van der Waals surface area contributed by atoms with E-state index in [9.17, 15) is 4.79 Å². The first kappa shape index (κ1) is 15.5. The van der Waals surface area contributed by atoms with E-state index in [0.29, 0.717) is 11.8 Å². The fraction of sp³-hybridized carbons (Fsp3) is 0.765. The summed E-state index contributed by atoms with van der Waals surface area (Å²) in [6.45, 7) is 5.98. The number of H-pyrrole nitrogens is 1. The standard InChI is InChI=1S/C17H28N4O/c1-14(20-10-4-2-3-5-11-20)17(22)21-12-6-7-15(13-21)16-8-9-18-19-16/h8-9,14-15H,2-7,10-13H2,1H3,(H,18,19)/t14-,15+/m0/s1. The molecule has 1 aromatic rings. The van der Waals surface area contributed by atoms with E-state index in [1.165, 1.54) is 31.4 Å². The van der Waals surface area contributed by atoms with Gasteiger partial charge in [-0.2, -0.15) is 5.10 Å². The molecule has 1 N–H and O–H groups in total. The summed E-state index contributed by atoms with van der Waals surface area (Å²) in [4.78, 5) is 17.3. The van der Waals surface area contributed by atoms with E-state index in [2.05, 4.69) is 26.9 Å². The van der Waals surface area contributed by atoms with E-state index < -0.39 is 0 Å². The average Bonchev–Trinajstić information content (AvgIpc) is 2.96. The molecule has 22 heavy (non-hydrogen) atoms. The smallest absolute Gasteiger partial charge is 0.239 e. The maximum atomic E-state index is 12.9. The van der Waals surface area contributed by atoms with Gasteiger partial charge in [0.2, 0.25) is 5.91 Å². The number of hydrogen-bond acceptors (Lipinski definition) is 3. The van der Waals surface area contributed by atoms with Crippen LogP contribution < -0.4 is 0 Å². The lowest BCUT2D eigenvalue weighted by molar-refractivity contribution is -0.137. The van der Waals surface area contributed by atoms with Gasteiger partial charge in [0.05, 0.1) is 6.04 Å². The number of amides is 1. The van der Waals surface area contributed by atoms with Crippen LogP contribution >= 0.6 is 0 Å². The number of aromatic amines is 1. The summed E-state index contributed by atoms with van der Waals surface area (Å²) in [7, 11) is 0. The Labute approximate surface area is 133 Å². The van der Waals surface area contributed by atoms with Crippen LogP contribution in [0, 0.1) is 0 Å². The zero-order valence-corrected chi connectivity index (χ0v) is 13.6. The molecule has 5 nitrogen and oxygen atoms in total. The zero-order valence-electron chi connectivity index (χ0n) is 13.6. The number of aromatic nitrogens is 2. The van der Waals surface area contributed by atoms with Gasteiger partial charge in [-0.25, -0.2) is 0 Å². The van der Waals surface area contributed by atoms with Crippen LogP contribution in [0.25, 0.3) is 0 Å². The minimum absolute atomic E-state index is 0.0265. The monoisotopic (exact) mass is 304 g/mol. The molecule has 0 unspecified atom stereocenters. The first-order valence-electron chi connectivity index (χ1n) is 8.78. The van der Waals surface area contributed by atoms with Gasteiger partial charge in [0, 0.05) is 30.9 Å². The highest BCUT2D eigenvalue weighted by Gasteiger charge is 2.30. The van der Waals surface area contributed by atoms with Gasteiger partial charge < -0.3 is 4.90 Å². The molecule has 0 spiro atoms. The number of carbonyl (C=O) groups is 1. The van der Waals surface area contributed by atoms with Crippen molar-refractivity contribution < 1.29 is 4.79 Å². The molecule has 5 heteroatoms. The van der Waals surface area contributed by atoms with Crippen molar-refractivity contribution in [3.63, 3.8) is 0 Å². The second-order valence-corrected chi connectivity index (χ2v) is 6.76. The molecule has 0 bridgehead atoms. The fourth-order valence-electron chi connectivity index (χ4n) is 3.83. The molecule has 0 aromatic carbocycles. The van der Waals surface area contributed by atoms with Crippen molar-refractivity contribution in [1.29, 1.82) is 0 Å². The van der Waals surface area contributed by atoms with Crippen LogP contribution in [0.2, 0.25) is 0 Å². The second kappa shape index (κ2) is 7.27. The number of rotatable bonds is 3. The topological polar surface area (TPSA) is 52.2 Å². The summed E-state index contributed by atoms with van der Waals surface area (Å²) < 4.78 is 0. The van der Waals surface area contributed by atoms with E-state index in [0.717, 1.165) is 39.0 Å². The number of hydrogen-bond donors (Lipinski definition) is 1. The van der Waals surface area contributed by atoms with E-state index in [4.69, 9.17) is 0 Å². The molecule has 2 atom stereocenters. The number of likely N-dealkylation sites (tertiary alicyclic amines) is 2. The van der Waals surface area contributed by atoms with Crippen molar-refractivity contribution in [2.24, 2.45) is 0 Å². The van der Waals surface area contributed by atoms with Gasteiger partial charge in [0.25, 0.3) is 0 Å². The molecule has 0 saturated carbocycles. The molecule has 2 fully saturated rings. The Bertz CT molecular complexity index is 465. The van der Waals surface area contributed by atoms with E-state index in [1.54, 1.807) is 6.20 Å². The molecule has 1 amide bonds. The molecule has 2 aliphatic rings. The Morgan fingerprint density at radius 1 is 1.23 bits per heavy atom. The second-order valence-electron chi connectivity index (χ2n) is 6.76. The summed E-state index contributed by atoms with van der Waals surface area (Å²) in [5, 5.41) is 7.12. The summed E-state index contributed by atoms with van der Waals surface area (Å²) in [6.07, 6.45) is 9.11. The normalized spacial score (nSPS) is 25.7. The van der Waals surface area contributed by atoms with E-state index >= 15 is 0 Å². The maximum absolute atomic E-state index is 12.9. The average molecular weight is 304 g/mol. The quantitative estimate of drug-likeness (QED) is 0.933. The third-order valence-corrected chi connectivity index (χ3v) is 5.24. The highest BCUT2D eigenvalue weighted by molar-refractivity contribution is 5.81. The summed E-state index contributed by atoms with van der Waals surface area (Å²) >= 11 is 0. The predicted octanol–water partition coefficient (Wildman–Crippen LogP) is 2.38. The largest absolute Gasteiger partial charge is 0.341 e. The first-order valence-corrected chi connectivity index (χ1v) is 8.78. The van der Waals surface area contributed by atoms with Gasteiger partial charge >= 0.3 is 0 Å². The molecule has 1 aromatic heterocycles. The summed E-state index contributed by atoms with van der Waals surface area (Å²) in [6, 6.07) is 2.07. The third kappa shape index (κ3) is 3.51. The molecular weight excluding hydrogens is 276 g/mol. The van der Waals surface area contributed by atoms with Crippen LogP contribution in [0.1, 0.15) is 57.1 Å². The maximum Gasteiger partial charge on any atom is 0.239 e. The lowest BCUT2D eigenvalue weighted by Crippen LogP contribution is -2.50. The van der Waals surface area contributed by atoms with Gasteiger partial charge in [0.15, 0.2) is 0 Å². The van der Waals surface area contributed by atoms with Crippen LogP contribution in [0.15, 0.2) is 12.3 Å². The molecule has 2 aliphatic heterocycles. The summed E-state index contributed by atoms with van der Waals surface area (Å²) in [5.41, 5.74) is 1.17. The van der Waals surface area contributed by atoms with Gasteiger partial charge in [-0.15, -0.1) is 0 Å². The van der Waals surface area contributed by atoms with Crippen LogP contribution in [-0.2, 0) is 4.79 Å². The van der Waals surface area contributed by atoms with Crippen molar-refractivity contribution in [3.8, 4) is 0 Å². The molecule has 3 heterocycles. The highest BCUT2D eigenvalue weighted by atomic mass is 16.2. The van der Waals surface area contributed by atoms with Crippen molar-refractivity contribution >= 4 is 5.91 Å². The van der Waals surface area contributed by atoms with Crippen molar-refractivity contribution in [3.05, 3.63) is 18.0 Å². The molecule has 0 aliphatic carbocycles. The molecular formula is C17H28N4O. The van der Waals surface area contributed by atoms with Gasteiger partial charge in [-0.1, -0.05) is 12.8 Å². The number of carbonyl (C=O) groups excluding carboxylic acids is 1. The minimum atomic E-state index is 0.0265. The Morgan fingerprint density at radius 2 is 2.00 bits per heavy atom. The fourth-order valence-corrected chi connectivity index (χ4v) is 3.83. The lowest BCUT2D eigenvalue weighted by Gasteiger charge is -2.36. The minimum Gasteiger partial charge on any atom is -0.341 e. The van der Waals surface area contributed by atoms with Crippen LogP contribution in [0.5, 0.6) is 0 Å². The number of piperidine rings is 1. The molecule has 2 saturated heterocycles. The Hall–Kier alpha value is -1.36. The third-order valence-electron chi connectivity index (χ3n) is 5.24. The van der Waals surface area contributed by atoms with Gasteiger partial charge in [0.1, 0.15) is 0 Å². The number of nitrogens with zero attached hydrogens (tertiary/aromatic N) is 3. The van der Waals surface area contributed by atoms with Crippen LogP contribution in [0.3, 0.4) is 0 Å². The van der Waals surface area contributed by atoms with Crippen LogP contribution in [0.4, 0.5) is 0 Å². The highest BCUT2D eigenvalue weighted by Crippen LogP contribution is 2.26. The predicted molar refractivity (Wildman–Crippen MR) is 86.6 cm³/mol. The zero-order chi connectivity index (χ0) is 15.4. The Morgan fingerprint density at radius 3 is 2.68 bits per heavy atom. The Balaban J connectivity index is 1.60. The van der Waals surface area contributed by atoms with E-state index in [1.807, 2.05) is 6.07 Å². The molecule has 122 valence electrons.